The zero-order valence-electron chi connectivity index (χ0n) is 28.3. The second-order valence-corrected chi connectivity index (χ2v) is 15.0. The van der Waals surface area contributed by atoms with Gasteiger partial charge in [0.15, 0.2) is 0 Å². The van der Waals surface area contributed by atoms with Gasteiger partial charge in [-0.1, -0.05) is 44.2 Å². The van der Waals surface area contributed by atoms with Crippen LogP contribution in [0.2, 0.25) is 0 Å². The summed E-state index contributed by atoms with van der Waals surface area (Å²) in [6, 6.07) is 11.1. The summed E-state index contributed by atoms with van der Waals surface area (Å²) in [6.07, 6.45) is 8.37. The van der Waals surface area contributed by atoms with Crippen molar-refractivity contribution in [3.05, 3.63) is 35.9 Å². The number of rotatable bonds is 11. The van der Waals surface area contributed by atoms with E-state index < -0.39 is 0 Å². The van der Waals surface area contributed by atoms with Crippen molar-refractivity contribution in [3.8, 4) is 0 Å². The molecule has 3 heterocycles. The van der Waals surface area contributed by atoms with E-state index in [-0.39, 0.29) is 41.7 Å². The Bertz CT molecular complexity index is 1200. The first-order chi connectivity index (χ1) is 21.5. The maximum absolute atomic E-state index is 13.5. The van der Waals surface area contributed by atoms with Gasteiger partial charge in [-0.15, -0.1) is 0 Å². The van der Waals surface area contributed by atoms with Crippen molar-refractivity contribution in [2.75, 3.05) is 32.7 Å². The third-order valence-corrected chi connectivity index (χ3v) is 11.3. The van der Waals surface area contributed by atoms with Crippen LogP contribution < -0.4 is 10.6 Å². The first-order valence-corrected chi connectivity index (χ1v) is 17.5. The van der Waals surface area contributed by atoms with Gasteiger partial charge in [-0.3, -0.25) is 25.3 Å². The lowest BCUT2D eigenvalue weighted by Gasteiger charge is -2.52. The number of hydrogen-bond acceptors (Lipinski definition) is 6. The van der Waals surface area contributed by atoms with Crippen LogP contribution in [0.1, 0.15) is 97.6 Å². The third kappa shape index (κ3) is 7.62. The third-order valence-electron chi connectivity index (χ3n) is 11.3. The van der Waals surface area contributed by atoms with Crippen LogP contribution in [0.15, 0.2) is 30.3 Å². The van der Waals surface area contributed by atoms with E-state index in [1.807, 2.05) is 41.8 Å². The molecule has 2 amide bonds. The molecule has 4 N–H and O–H groups in total. The maximum Gasteiger partial charge on any atom is 0.227 e. The van der Waals surface area contributed by atoms with E-state index in [1.54, 1.807) is 6.92 Å². The molecular weight excluding hydrogens is 562 g/mol. The highest BCUT2D eigenvalue weighted by Crippen LogP contribution is 2.52. The van der Waals surface area contributed by atoms with E-state index in [1.165, 1.54) is 12.8 Å². The number of likely N-dealkylation sites (tertiary alicyclic amines) is 2. The first kappa shape index (κ1) is 33.6. The van der Waals surface area contributed by atoms with Crippen LogP contribution in [0.5, 0.6) is 0 Å². The van der Waals surface area contributed by atoms with E-state index in [9.17, 15) is 9.59 Å². The topological polar surface area (TPSA) is 116 Å². The summed E-state index contributed by atoms with van der Waals surface area (Å²) in [7, 11) is 0. The molecule has 1 spiro atoms. The fourth-order valence-corrected chi connectivity index (χ4v) is 8.49. The minimum absolute atomic E-state index is 0.0558. The van der Waals surface area contributed by atoms with Gasteiger partial charge in [0.1, 0.15) is 5.84 Å². The summed E-state index contributed by atoms with van der Waals surface area (Å²) in [5.41, 5.74) is 1.50. The monoisotopic (exact) mass is 619 g/mol. The Morgan fingerprint density at radius 1 is 1.04 bits per heavy atom. The van der Waals surface area contributed by atoms with Crippen molar-refractivity contribution in [2.45, 2.75) is 110 Å². The molecule has 4 unspecified atom stereocenters. The van der Waals surface area contributed by atoms with Crippen molar-refractivity contribution in [3.63, 3.8) is 0 Å². The molecule has 5 rings (SSSR count). The Balaban J connectivity index is 1.15. The minimum Gasteiger partial charge on any atom is -0.349 e. The molecule has 0 bridgehead atoms. The van der Waals surface area contributed by atoms with Crippen LogP contribution in [-0.2, 0) is 9.59 Å². The fraction of sp³-hybridized carbons (Fsp3) is 0.722. The van der Waals surface area contributed by atoms with E-state index in [0.717, 1.165) is 63.7 Å². The van der Waals surface area contributed by atoms with Crippen LogP contribution in [0.25, 0.3) is 0 Å². The van der Waals surface area contributed by atoms with Gasteiger partial charge in [-0.2, -0.15) is 0 Å². The quantitative estimate of drug-likeness (QED) is 0.205. The van der Waals surface area contributed by atoms with E-state index in [4.69, 9.17) is 10.8 Å². The Hall–Kier alpha value is -2.78. The number of amidine groups is 2. The summed E-state index contributed by atoms with van der Waals surface area (Å²) in [5.74, 6) is 1.33. The van der Waals surface area contributed by atoms with Crippen LogP contribution in [0, 0.1) is 34.0 Å². The van der Waals surface area contributed by atoms with Gasteiger partial charge in [0.05, 0.1) is 17.8 Å². The van der Waals surface area contributed by atoms with Crippen LogP contribution in [0.3, 0.4) is 0 Å². The molecule has 4 aliphatic rings. The Labute approximate surface area is 270 Å². The summed E-state index contributed by atoms with van der Waals surface area (Å²) < 4.78 is 0. The molecule has 0 radical (unpaired) electrons. The smallest absolute Gasteiger partial charge is 0.227 e. The number of carbonyl (C=O) groups is 2. The normalized spacial score (nSPS) is 25.0. The van der Waals surface area contributed by atoms with E-state index >= 15 is 0 Å². The van der Waals surface area contributed by atoms with Crippen molar-refractivity contribution < 1.29 is 9.59 Å². The number of piperidine rings is 1. The van der Waals surface area contributed by atoms with Crippen LogP contribution in [-0.4, -0.2) is 89.0 Å². The van der Waals surface area contributed by atoms with Gasteiger partial charge in [-0.25, -0.2) is 0 Å². The van der Waals surface area contributed by atoms with Gasteiger partial charge in [0.2, 0.25) is 11.8 Å². The standard InChI is InChI=1S/C36H57N7O2/c1-24(2)33(38)43(27(5)37)26(4)19-31-12-11-25(3)42(31)18-13-32(28-9-7-6-8-10-28)40-34(44)30-22-41(23-30)35(45)29-20-36(21-29)14-16-39-17-15-36/h6-10,24-26,29-32,37-39H,11-23H2,1-5H3,(H,40,44). The SMILES string of the molecule is CC(=N)N(C(=N)C(C)C)C(C)CC1CCC(C)N1CCC(NC(=O)C1CN(C(=O)C2CC3(CCNCC3)C2)C1)c1ccccc1. The highest BCUT2D eigenvalue weighted by Gasteiger charge is 2.50. The van der Waals surface area contributed by atoms with E-state index in [0.29, 0.717) is 42.3 Å². The average molecular weight is 620 g/mol. The molecule has 1 aromatic rings. The van der Waals surface area contributed by atoms with Crippen molar-refractivity contribution in [1.82, 2.24) is 25.3 Å². The fourth-order valence-electron chi connectivity index (χ4n) is 8.49. The second kappa shape index (κ2) is 14.3. The molecule has 9 heteroatoms. The predicted molar refractivity (Wildman–Crippen MR) is 180 cm³/mol. The molecule has 1 saturated carbocycles. The Kier molecular flexibility index (Phi) is 10.7. The maximum atomic E-state index is 13.5. The molecule has 4 atom stereocenters. The van der Waals surface area contributed by atoms with Gasteiger partial charge in [0, 0.05) is 49.6 Å². The Morgan fingerprint density at radius 3 is 2.33 bits per heavy atom. The molecule has 1 aliphatic carbocycles. The van der Waals surface area contributed by atoms with Gasteiger partial charge < -0.3 is 20.4 Å². The average Bonchev–Trinajstić information content (AvgIpc) is 3.31. The zero-order valence-corrected chi connectivity index (χ0v) is 28.3. The summed E-state index contributed by atoms with van der Waals surface area (Å²) in [5, 5.41) is 23.8. The van der Waals surface area contributed by atoms with Crippen molar-refractivity contribution >= 4 is 23.5 Å². The first-order valence-electron chi connectivity index (χ1n) is 17.5. The summed E-state index contributed by atoms with van der Waals surface area (Å²) in [4.78, 5) is 33.0. The van der Waals surface area contributed by atoms with Crippen LogP contribution in [0.4, 0.5) is 0 Å². The summed E-state index contributed by atoms with van der Waals surface area (Å²) in [6.45, 7) is 14.3. The largest absolute Gasteiger partial charge is 0.349 e. The molecule has 3 aliphatic heterocycles. The van der Waals surface area contributed by atoms with Gasteiger partial charge in [-0.05, 0) is 96.2 Å². The van der Waals surface area contributed by atoms with Gasteiger partial charge >= 0.3 is 0 Å². The Morgan fingerprint density at radius 2 is 1.71 bits per heavy atom. The molecule has 9 nitrogen and oxygen atoms in total. The number of hydrogen-bond donors (Lipinski definition) is 4. The molecular formula is C36H57N7O2. The molecule has 1 aromatic carbocycles. The molecule has 3 saturated heterocycles. The molecule has 0 aromatic heterocycles. The highest BCUT2D eigenvalue weighted by molar-refractivity contribution is 5.98. The lowest BCUT2D eigenvalue weighted by Crippen LogP contribution is -2.60. The van der Waals surface area contributed by atoms with Crippen LogP contribution >= 0.6 is 0 Å². The molecule has 4 fully saturated rings. The number of amides is 2. The molecule has 248 valence electrons. The second-order valence-electron chi connectivity index (χ2n) is 15.0. The lowest BCUT2D eigenvalue weighted by molar-refractivity contribution is -0.154. The molecule has 45 heavy (non-hydrogen) atoms. The summed E-state index contributed by atoms with van der Waals surface area (Å²) >= 11 is 0. The number of nitrogens with zero attached hydrogens (tertiary/aromatic N) is 3. The highest BCUT2D eigenvalue weighted by atomic mass is 16.2. The lowest BCUT2D eigenvalue weighted by atomic mass is 9.57. The zero-order chi connectivity index (χ0) is 32.3. The van der Waals surface area contributed by atoms with Crippen molar-refractivity contribution in [2.24, 2.45) is 23.2 Å². The van der Waals surface area contributed by atoms with E-state index in [2.05, 4.69) is 41.5 Å². The number of benzene rings is 1. The van der Waals surface area contributed by atoms with Crippen molar-refractivity contribution in [1.29, 1.82) is 10.8 Å². The minimum atomic E-state index is -0.140. The predicted octanol–water partition coefficient (Wildman–Crippen LogP) is 5.04. The number of nitrogens with one attached hydrogen (secondary N) is 4. The van der Waals surface area contributed by atoms with Gasteiger partial charge in [0.25, 0.3) is 0 Å². The number of carbonyl (C=O) groups excluding carboxylic acids is 2.